The van der Waals surface area contributed by atoms with Crippen molar-refractivity contribution in [2.24, 2.45) is 0 Å². The minimum atomic E-state index is -3.57. The van der Waals surface area contributed by atoms with Crippen molar-refractivity contribution in [3.8, 4) is 0 Å². The first-order chi connectivity index (χ1) is 8.94. The monoisotopic (exact) mass is 298 g/mol. The molecule has 0 aromatic heterocycles. The van der Waals surface area contributed by atoms with Gasteiger partial charge in [-0.15, -0.1) is 18.3 Å². The molecule has 1 atom stereocenters. The Morgan fingerprint density at radius 1 is 1.53 bits per heavy atom. The van der Waals surface area contributed by atoms with E-state index in [9.17, 15) is 13.2 Å². The summed E-state index contributed by atoms with van der Waals surface area (Å²) < 4.78 is 26.3. The van der Waals surface area contributed by atoms with E-state index in [1.165, 1.54) is 30.0 Å². The molecule has 0 bridgehead atoms. The quantitative estimate of drug-likeness (QED) is 0.828. The van der Waals surface area contributed by atoms with Crippen molar-refractivity contribution in [1.82, 2.24) is 4.72 Å². The third-order valence-electron chi connectivity index (χ3n) is 2.61. The summed E-state index contributed by atoms with van der Waals surface area (Å²) in [4.78, 5) is 12.6. The number of benzene rings is 1. The Balaban J connectivity index is 2.34. The average molecular weight is 298 g/mol. The van der Waals surface area contributed by atoms with E-state index in [4.69, 9.17) is 0 Å². The summed E-state index contributed by atoms with van der Waals surface area (Å²) in [6.07, 6.45) is 1.47. The molecule has 7 heteroatoms. The van der Waals surface area contributed by atoms with Crippen molar-refractivity contribution in [1.29, 1.82) is 0 Å². The maximum Gasteiger partial charge on any atom is 0.240 e. The molecule has 0 saturated carbocycles. The minimum Gasteiger partial charge on any atom is -0.324 e. The van der Waals surface area contributed by atoms with Crippen molar-refractivity contribution < 1.29 is 13.2 Å². The normalized spacial score (nSPS) is 18.6. The van der Waals surface area contributed by atoms with Crippen LogP contribution in [0.5, 0.6) is 0 Å². The first-order valence-corrected chi connectivity index (χ1v) is 8.02. The van der Waals surface area contributed by atoms with Crippen LogP contribution in [0.2, 0.25) is 0 Å². The summed E-state index contributed by atoms with van der Waals surface area (Å²) in [6.45, 7) is 5.43. The summed E-state index contributed by atoms with van der Waals surface area (Å²) in [5, 5.41) is 2.53. The van der Waals surface area contributed by atoms with Crippen LogP contribution in [0.3, 0.4) is 0 Å². The van der Waals surface area contributed by atoms with Crippen LogP contribution in [0.1, 0.15) is 6.92 Å². The third-order valence-corrected chi connectivity index (χ3v) is 5.21. The number of fused-ring (bicyclic) bond motifs is 1. The molecule has 5 nitrogen and oxygen atoms in total. The third kappa shape index (κ3) is 2.99. The van der Waals surface area contributed by atoms with Crippen LogP contribution in [0.15, 0.2) is 40.6 Å². The van der Waals surface area contributed by atoms with Crippen LogP contribution in [0.25, 0.3) is 0 Å². The lowest BCUT2D eigenvalue weighted by Crippen LogP contribution is -2.27. The molecule has 102 valence electrons. The van der Waals surface area contributed by atoms with E-state index < -0.39 is 10.0 Å². The van der Waals surface area contributed by atoms with Crippen molar-refractivity contribution in [3.05, 3.63) is 30.9 Å². The molecule has 19 heavy (non-hydrogen) atoms. The molecule has 2 N–H and O–H groups in total. The standard InChI is InChI=1S/C12H14N2O3S2/c1-3-6-13-19(16,17)9-4-5-11-10(7-9)14-12(15)8(2)18-11/h3-5,7-8,13H,1,6H2,2H3,(H,14,15). The fourth-order valence-electron chi connectivity index (χ4n) is 1.61. The number of hydrogen-bond donors (Lipinski definition) is 2. The maximum absolute atomic E-state index is 11.9. The molecule has 1 aliphatic rings. The smallest absolute Gasteiger partial charge is 0.240 e. The molecule has 1 aromatic carbocycles. The number of thioether (sulfide) groups is 1. The second-order valence-electron chi connectivity index (χ2n) is 4.05. The predicted molar refractivity (Wildman–Crippen MR) is 75.8 cm³/mol. The van der Waals surface area contributed by atoms with Gasteiger partial charge in [-0.3, -0.25) is 4.79 Å². The van der Waals surface area contributed by atoms with E-state index in [0.29, 0.717) is 5.69 Å². The fraction of sp³-hybridized carbons (Fsp3) is 0.250. The molecule has 1 aromatic rings. The highest BCUT2D eigenvalue weighted by molar-refractivity contribution is 8.01. The van der Waals surface area contributed by atoms with Gasteiger partial charge < -0.3 is 5.32 Å². The molecule has 0 saturated heterocycles. The molecule has 1 amide bonds. The Morgan fingerprint density at radius 3 is 2.95 bits per heavy atom. The molecule has 2 rings (SSSR count). The van der Waals surface area contributed by atoms with Gasteiger partial charge in [-0.2, -0.15) is 0 Å². The highest BCUT2D eigenvalue weighted by Gasteiger charge is 2.24. The number of rotatable bonds is 4. The number of carbonyl (C=O) groups excluding carboxylic acids is 1. The number of amides is 1. The largest absolute Gasteiger partial charge is 0.324 e. The van der Waals surface area contributed by atoms with E-state index in [-0.39, 0.29) is 22.6 Å². The second kappa shape index (κ2) is 5.36. The van der Waals surface area contributed by atoms with E-state index in [1.54, 1.807) is 13.0 Å². The molecule has 0 spiro atoms. The summed E-state index contributed by atoms with van der Waals surface area (Å²) in [5.41, 5.74) is 0.537. The zero-order chi connectivity index (χ0) is 14.0. The van der Waals surface area contributed by atoms with Crippen molar-refractivity contribution in [2.45, 2.75) is 22.0 Å². The van der Waals surface area contributed by atoms with E-state index in [1.807, 2.05) is 0 Å². The van der Waals surface area contributed by atoms with Crippen LogP contribution in [-0.2, 0) is 14.8 Å². The zero-order valence-electron chi connectivity index (χ0n) is 10.3. The molecular formula is C12H14N2O3S2. The molecule has 1 unspecified atom stereocenters. The lowest BCUT2D eigenvalue weighted by atomic mass is 10.3. The predicted octanol–water partition coefficient (Wildman–Crippen LogP) is 1.58. The highest BCUT2D eigenvalue weighted by Crippen LogP contribution is 2.36. The lowest BCUT2D eigenvalue weighted by molar-refractivity contribution is -0.115. The molecule has 1 aliphatic heterocycles. The summed E-state index contributed by atoms with van der Waals surface area (Å²) in [7, 11) is -3.57. The van der Waals surface area contributed by atoms with Crippen LogP contribution < -0.4 is 10.0 Å². The number of anilines is 1. The number of sulfonamides is 1. The minimum absolute atomic E-state index is 0.119. The topological polar surface area (TPSA) is 75.3 Å². The lowest BCUT2D eigenvalue weighted by Gasteiger charge is -2.21. The van der Waals surface area contributed by atoms with Gasteiger partial charge in [-0.05, 0) is 25.1 Å². The van der Waals surface area contributed by atoms with Crippen LogP contribution in [0.4, 0.5) is 5.69 Å². The number of nitrogens with one attached hydrogen (secondary N) is 2. The number of hydrogen-bond acceptors (Lipinski definition) is 4. The Kier molecular flexibility index (Phi) is 3.98. The Bertz CT molecular complexity index is 626. The highest BCUT2D eigenvalue weighted by atomic mass is 32.2. The Hall–Kier alpha value is -1.31. The van der Waals surface area contributed by atoms with Gasteiger partial charge in [-0.25, -0.2) is 13.1 Å². The molecule has 0 fully saturated rings. The zero-order valence-corrected chi connectivity index (χ0v) is 12.0. The van der Waals surface area contributed by atoms with Gasteiger partial charge in [0.05, 0.1) is 15.8 Å². The van der Waals surface area contributed by atoms with Gasteiger partial charge in [0.1, 0.15) is 0 Å². The van der Waals surface area contributed by atoms with Gasteiger partial charge in [0.2, 0.25) is 15.9 Å². The van der Waals surface area contributed by atoms with E-state index in [0.717, 1.165) is 4.90 Å². The van der Waals surface area contributed by atoms with Crippen molar-refractivity contribution >= 4 is 33.4 Å². The van der Waals surface area contributed by atoms with Gasteiger partial charge in [0.15, 0.2) is 0 Å². The van der Waals surface area contributed by atoms with Crippen molar-refractivity contribution in [2.75, 3.05) is 11.9 Å². The van der Waals surface area contributed by atoms with Gasteiger partial charge in [0, 0.05) is 11.4 Å². The van der Waals surface area contributed by atoms with E-state index in [2.05, 4.69) is 16.6 Å². The van der Waals surface area contributed by atoms with Crippen LogP contribution in [0, 0.1) is 0 Å². The summed E-state index contributed by atoms with van der Waals surface area (Å²) in [5.74, 6) is -0.119. The molecule has 1 heterocycles. The van der Waals surface area contributed by atoms with Crippen molar-refractivity contribution in [3.63, 3.8) is 0 Å². The van der Waals surface area contributed by atoms with Gasteiger partial charge >= 0.3 is 0 Å². The van der Waals surface area contributed by atoms with Crippen LogP contribution >= 0.6 is 11.8 Å². The number of carbonyl (C=O) groups is 1. The van der Waals surface area contributed by atoms with Gasteiger partial charge in [-0.1, -0.05) is 6.08 Å². The van der Waals surface area contributed by atoms with Gasteiger partial charge in [0.25, 0.3) is 0 Å². The first-order valence-electron chi connectivity index (χ1n) is 5.66. The second-order valence-corrected chi connectivity index (χ2v) is 7.20. The molecular weight excluding hydrogens is 284 g/mol. The molecule has 0 aliphatic carbocycles. The Morgan fingerprint density at radius 2 is 2.26 bits per heavy atom. The van der Waals surface area contributed by atoms with Crippen LogP contribution in [-0.4, -0.2) is 26.1 Å². The summed E-state index contributed by atoms with van der Waals surface area (Å²) >= 11 is 1.41. The first kappa shape index (κ1) is 14.1. The average Bonchev–Trinajstić information content (AvgIpc) is 2.37. The molecule has 0 radical (unpaired) electrons. The van der Waals surface area contributed by atoms with E-state index >= 15 is 0 Å². The fourth-order valence-corrected chi connectivity index (χ4v) is 3.56. The Labute approximate surface area is 116 Å². The SMILES string of the molecule is C=CCNS(=O)(=O)c1ccc2c(c1)NC(=O)C(C)S2. The maximum atomic E-state index is 11.9. The summed E-state index contributed by atoms with van der Waals surface area (Å²) in [6, 6.07) is 4.71.